The zero-order chi connectivity index (χ0) is 20.5. The van der Waals surface area contributed by atoms with Crippen LogP contribution in [0.25, 0.3) is 0 Å². The molecule has 1 aliphatic carbocycles. The summed E-state index contributed by atoms with van der Waals surface area (Å²) in [5.74, 6) is -1.25. The van der Waals surface area contributed by atoms with Crippen molar-refractivity contribution in [2.45, 2.75) is 61.3 Å². The van der Waals surface area contributed by atoms with Crippen LogP contribution in [0.5, 0.6) is 0 Å². The van der Waals surface area contributed by atoms with Crippen molar-refractivity contribution in [1.29, 1.82) is 0 Å². The molecule has 3 rings (SSSR count). The second-order valence-electron chi connectivity index (χ2n) is 7.01. The first-order chi connectivity index (χ1) is 13.2. The third-order valence-corrected chi connectivity index (χ3v) is 5.59. The highest BCUT2D eigenvalue weighted by molar-refractivity contribution is 8.00. The van der Waals surface area contributed by atoms with Gasteiger partial charge in [-0.2, -0.15) is 13.2 Å². The Morgan fingerprint density at radius 3 is 2.64 bits per heavy atom. The summed E-state index contributed by atoms with van der Waals surface area (Å²) in [6.07, 6.45) is 2.17. The lowest BCUT2D eigenvalue weighted by molar-refractivity contribution is -0.132. The summed E-state index contributed by atoms with van der Waals surface area (Å²) in [7, 11) is 0. The molecule has 1 saturated heterocycles. The van der Waals surface area contributed by atoms with Crippen LogP contribution in [0.4, 0.5) is 17.6 Å². The summed E-state index contributed by atoms with van der Waals surface area (Å²) in [5.41, 5.74) is -4.20. The van der Waals surface area contributed by atoms with Gasteiger partial charge in [0.15, 0.2) is 0 Å². The molecule has 1 saturated carbocycles. The van der Waals surface area contributed by atoms with Gasteiger partial charge in [-0.1, -0.05) is 13.0 Å². The van der Waals surface area contributed by atoms with Gasteiger partial charge in [-0.15, -0.1) is 0 Å². The first kappa shape index (κ1) is 20.9. The van der Waals surface area contributed by atoms with Crippen molar-refractivity contribution in [2.75, 3.05) is 0 Å². The van der Waals surface area contributed by atoms with Crippen LogP contribution < -0.4 is 16.0 Å². The summed E-state index contributed by atoms with van der Waals surface area (Å²) in [6.45, 7) is 1.77. The molecule has 0 spiro atoms. The minimum absolute atomic E-state index is 0.00100. The van der Waals surface area contributed by atoms with Crippen molar-refractivity contribution in [2.24, 2.45) is 5.92 Å². The van der Waals surface area contributed by atoms with Crippen LogP contribution in [-0.2, 0) is 9.59 Å². The molecule has 28 heavy (non-hydrogen) atoms. The first-order valence-electron chi connectivity index (χ1n) is 9.07. The van der Waals surface area contributed by atoms with Gasteiger partial charge in [0.25, 0.3) is 0 Å². The standard InChI is InChI=1S/C18H21F4N3O2S/c1-2-12(10-5-6-14(11(19)7-10)28-18(20,21)22)24-17(27)13-8-15(26)25-16(23-13)9-3-4-9/h5-7,9,12-13,16,23H,2-4,8H2,1H3,(H,24,27)(H,25,26)/t12-,13?,16?/m1/s1. The molecule has 3 N–H and O–H groups in total. The van der Waals surface area contributed by atoms with E-state index in [0.717, 1.165) is 25.0 Å². The highest BCUT2D eigenvalue weighted by Gasteiger charge is 2.39. The Labute approximate surface area is 164 Å². The van der Waals surface area contributed by atoms with Gasteiger partial charge in [0.1, 0.15) is 5.82 Å². The van der Waals surface area contributed by atoms with E-state index in [1.54, 1.807) is 6.92 Å². The third kappa shape index (κ3) is 5.38. The van der Waals surface area contributed by atoms with Gasteiger partial charge >= 0.3 is 5.51 Å². The minimum Gasteiger partial charge on any atom is -0.348 e. The van der Waals surface area contributed by atoms with E-state index in [1.165, 1.54) is 6.07 Å². The third-order valence-electron chi connectivity index (χ3n) is 4.81. The number of rotatable bonds is 6. The predicted octanol–water partition coefficient (Wildman–Crippen LogP) is 3.22. The number of benzene rings is 1. The lowest BCUT2D eigenvalue weighted by Crippen LogP contribution is -2.61. The monoisotopic (exact) mass is 419 g/mol. The lowest BCUT2D eigenvalue weighted by atomic mass is 10.0. The van der Waals surface area contributed by atoms with Crippen LogP contribution in [0.1, 0.15) is 44.2 Å². The molecule has 2 aliphatic rings. The number of thioether (sulfide) groups is 1. The van der Waals surface area contributed by atoms with Crippen molar-refractivity contribution in [1.82, 2.24) is 16.0 Å². The van der Waals surface area contributed by atoms with E-state index in [-0.39, 0.29) is 24.4 Å². The molecule has 0 radical (unpaired) electrons. The van der Waals surface area contributed by atoms with Crippen LogP contribution in [0.3, 0.4) is 0 Å². The van der Waals surface area contributed by atoms with Gasteiger partial charge in [-0.05, 0) is 54.6 Å². The molecule has 10 heteroatoms. The number of hydrogen-bond donors (Lipinski definition) is 3. The summed E-state index contributed by atoms with van der Waals surface area (Å²) in [5, 5.41) is 8.72. The molecule has 0 aromatic heterocycles. The fourth-order valence-electron chi connectivity index (χ4n) is 3.22. The average Bonchev–Trinajstić information content (AvgIpc) is 3.45. The van der Waals surface area contributed by atoms with Gasteiger partial charge in [-0.25, -0.2) is 4.39 Å². The Balaban J connectivity index is 1.67. The highest BCUT2D eigenvalue weighted by atomic mass is 32.2. The fraction of sp³-hybridized carbons (Fsp3) is 0.556. The maximum Gasteiger partial charge on any atom is 0.446 e. The Bertz CT molecular complexity index is 755. The molecular formula is C18H21F4N3O2S. The minimum atomic E-state index is -4.58. The maximum atomic E-state index is 14.1. The Hall–Kier alpha value is -1.81. The maximum absolute atomic E-state index is 14.1. The molecule has 1 heterocycles. The quantitative estimate of drug-likeness (QED) is 0.489. The van der Waals surface area contributed by atoms with Crippen molar-refractivity contribution in [3.05, 3.63) is 29.6 Å². The lowest BCUT2D eigenvalue weighted by Gasteiger charge is -2.32. The zero-order valence-corrected chi connectivity index (χ0v) is 15.9. The van der Waals surface area contributed by atoms with Gasteiger partial charge < -0.3 is 10.6 Å². The number of carbonyl (C=O) groups excluding carboxylic acids is 2. The van der Waals surface area contributed by atoms with Crippen LogP contribution in [-0.4, -0.2) is 29.5 Å². The topological polar surface area (TPSA) is 70.2 Å². The number of halogens is 4. The van der Waals surface area contributed by atoms with Crippen LogP contribution in [0.2, 0.25) is 0 Å². The van der Waals surface area contributed by atoms with Gasteiger partial charge in [0.2, 0.25) is 11.8 Å². The highest BCUT2D eigenvalue weighted by Crippen LogP contribution is 2.38. The number of nitrogens with one attached hydrogen (secondary N) is 3. The molecular weight excluding hydrogens is 398 g/mol. The summed E-state index contributed by atoms with van der Waals surface area (Å²) < 4.78 is 51.4. The second kappa shape index (κ2) is 8.28. The van der Waals surface area contributed by atoms with Crippen molar-refractivity contribution >= 4 is 23.6 Å². The van der Waals surface area contributed by atoms with Gasteiger partial charge in [0.05, 0.1) is 29.6 Å². The van der Waals surface area contributed by atoms with Crippen LogP contribution >= 0.6 is 11.8 Å². The Morgan fingerprint density at radius 2 is 2.07 bits per heavy atom. The first-order valence-corrected chi connectivity index (χ1v) is 9.89. The van der Waals surface area contributed by atoms with E-state index in [0.29, 0.717) is 17.9 Å². The zero-order valence-electron chi connectivity index (χ0n) is 15.1. The molecule has 3 atom stereocenters. The molecule has 1 aromatic rings. The molecule has 2 unspecified atom stereocenters. The van der Waals surface area contributed by atoms with Crippen molar-refractivity contribution < 1.29 is 27.2 Å². The van der Waals surface area contributed by atoms with Crippen molar-refractivity contribution in [3.8, 4) is 0 Å². The SMILES string of the molecule is CC[C@@H](NC(=O)C1CC(=O)NC(C2CC2)N1)c1ccc(SC(F)(F)F)c(F)c1. The smallest absolute Gasteiger partial charge is 0.348 e. The average molecular weight is 419 g/mol. The molecule has 1 aromatic carbocycles. The molecule has 2 fully saturated rings. The van der Waals surface area contributed by atoms with E-state index in [1.807, 2.05) is 0 Å². The molecule has 2 amide bonds. The van der Waals surface area contributed by atoms with E-state index >= 15 is 0 Å². The normalized spacial score (nSPS) is 23.8. The molecule has 5 nitrogen and oxygen atoms in total. The number of carbonyl (C=O) groups is 2. The second-order valence-corrected chi connectivity index (χ2v) is 8.12. The Kier molecular flexibility index (Phi) is 6.18. The summed E-state index contributed by atoms with van der Waals surface area (Å²) in [6, 6.07) is 2.18. The molecule has 0 bridgehead atoms. The van der Waals surface area contributed by atoms with Gasteiger partial charge in [-0.3, -0.25) is 14.9 Å². The van der Waals surface area contributed by atoms with E-state index in [9.17, 15) is 27.2 Å². The summed E-state index contributed by atoms with van der Waals surface area (Å²) >= 11 is -0.516. The van der Waals surface area contributed by atoms with Crippen molar-refractivity contribution in [3.63, 3.8) is 0 Å². The molecule has 154 valence electrons. The number of alkyl halides is 3. The van der Waals surface area contributed by atoms with Gasteiger partial charge in [0, 0.05) is 0 Å². The Morgan fingerprint density at radius 1 is 1.36 bits per heavy atom. The number of amides is 2. The molecule has 1 aliphatic heterocycles. The fourth-order valence-corrected chi connectivity index (χ4v) is 3.76. The predicted molar refractivity (Wildman–Crippen MR) is 95.7 cm³/mol. The summed E-state index contributed by atoms with van der Waals surface area (Å²) in [4.78, 5) is 24.0. The number of hydrogen-bond acceptors (Lipinski definition) is 4. The van der Waals surface area contributed by atoms with E-state index < -0.39 is 40.1 Å². The van der Waals surface area contributed by atoms with E-state index in [4.69, 9.17) is 0 Å². The van der Waals surface area contributed by atoms with E-state index in [2.05, 4.69) is 16.0 Å². The largest absolute Gasteiger partial charge is 0.446 e. The van der Waals surface area contributed by atoms with Crippen LogP contribution in [0, 0.1) is 11.7 Å². The van der Waals surface area contributed by atoms with Crippen LogP contribution in [0.15, 0.2) is 23.1 Å².